The average molecular weight is 282 g/mol. The Hall–Kier alpha value is 0. The molecule has 0 saturated heterocycles. The highest BCUT2D eigenvalue weighted by Crippen LogP contribution is 2.36. The van der Waals surface area contributed by atoms with Gasteiger partial charge in [-0.3, -0.25) is 0 Å². The summed E-state index contributed by atoms with van der Waals surface area (Å²) in [5.41, 5.74) is 0.891. The fraction of sp³-hybridized carbons (Fsp3) is 0.950. The molecule has 0 nitrogen and oxygen atoms in total. The molecule has 0 aliphatic rings. The van der Waals surface area contributed by atoms with Crippen LogP contribution in [0.25, 0.3) is 0 Å². The zero-order valence-electron chi connectivity index (χ0n) is 15.7. The van der Waals surface area contributed by atoms with E-state index in [0.717, 1.165) is 11.8 Å². The molecule has 0 amide bonds. The first kappa shape index (κ1) is 20.0. The zero-order chi connectivity index (χ0) is 15.8. The van der Waals surface area contributed by atoms with Gasteiger partial charge in [-0.05, 0) is 48.3 Å². The molecular formula is C20H41. The fourth-order valence-electron chi connectivity index (χ4n) is 2.62. The van der Waals surface area contributed by atoms with Crippen molar-refractivity contribution in [2.75, 3.05) is 0 Å². The topological polar surface area (TPSA) is 0 Å². The summed E-state index contributed by atoms with van der Waals surface area (Å²) in [5, 5.41) is 0. The van der Waals surface area contributed by atoms with Crippen LogP contribution in [0.5, 0.6) is 0 Å². The van der Waals surface area contributed by atoms with Crippen molar-refractivity contribution < 1.29 is 0 Å². The lowest BCUT2D eigenvalue weighted by Gasteiger charge is -2.32. The summed E-state index contributed by atoms with van der Waals surface area (Å²) in [6.07, 6.45) is 12.1. The predicted octanol–water partition coefficient (Wildman–Crippen LogP) is 7.29. The van der Waals surface area contributed by atoms with Crippen LogP contribution in [0.15, 0.2) is 0 Å². The van der Waals surface area contributed by atoms with E-state index in [1.165, 1.54) is 44.9 Å². The maximum absolute atomic E-state index is 2.58. The molecule has 0 fully saturated rings. The molecule has 2 unspecified atom stereocenters. The zero-order valence-corrected chi connectivity index (χ0v) is 15.7. The van der Waals surface area contributed by atoms with E-state index in [1.807, 2.05) is 0 Å². The van der Waals surface area contributed by atoms with Crippen LogP contribution in [0.3, 0.4) is 0 Å². The summed E-state index contributed by atoms with van der Waals surface area (Å²) < 4.78 is 0. The van der Waals surface area contributed by atoms with Gasteiger partial charge in [0.2, 0.25) is 0 Å². The van der Waals surface area contributed by atoms with E-state index in [9.17, 15) is 0 Å². The van der Waals surface area contributed by atoms with Crippen LogP contribution in [0.2, 0.25) is 0 Å². The summed E-state index contributed by atoms with van der Waals surface area (Å²) in [4.78, 5) is 0. The molecule has 0 heterocycles. The highest BCUT2D eigenvalue weighted by atomic mass is 14.3. The second-order valence-corrected chi connectivity index (χ2v) is 8.94. The third-order valence-corrected chi connectivity index (χ3v) is 5.08. The van der Waals surface area contributed by atoms with Gasteiger partial charge in [-0.25, -0.2) is 0 Å². The quantitative estimate of drug-likeness (QED) is 0.389. The van der Waals surface area contributed by atoms with Crippen molar-refractivity contribution in [1.29, 1.82) is 0 Å². The Kier molecular flexibility index (Phi) is 9.11. The van der Waals surface area contributed by atoms with Gasteiger partial charge in [0.15, 0.2) is 0 Å². The van der Waals surface area contributed by atoms with E-state index < -0.39 is 0 Å². The predicted molar refractivity (Wildman–Crippen MR) is 93.9 cm³/mol. The number of hydrogen-bond donors (Lipinski definition) is 0. The third-order valence-electron chi connectivity index (χ3n) is 5.08. The van der Waals surface area contributed by atoms with Crippen LogP contribution < -0.4 is 0 Å². The highest BCUT2D eigenvalue weighted by Gasteiger charge is 2.25. The van der Waals surface area contributed by atoms with Gasteiger partial charge in [0, 0.05) is 0 Å². The van der Waals surface area contributed by atoms with Gasteiger partial charge in [0.05, 0.1) is 0 Å². The van der Waals surface area contributed by atoms with Crippen LogP contribution in [0, 0.1) is 29.1 Å². The monoisotopic (exact) mass is 281 g/mol. The lowest BCUT2D eigenvalue weighted by Crippen LogP contribution is -2.22. The molecule has 0 aliphatic heterocycles. The largest absolute Gasteiger partial charge is 0.0654 e. The molecule has 0 aromatic heterocycles. The molecule has 0 aromatic carbocycles. The third kappa shape index (κ3) is 9.03. The van der Waals surface area contributed by atoms with Crippen molar-refractivity contribution in [2.24, 2.45) is 22.7 Å². The molecule has 121 valence electrons. The normalized spacial score (nSPS) is 16.2. The van der Waals surface area contributed by atoms with Gasteiger partial charge < -0.3 is 0 Å². The first-order chi connectivity index (χ1) is 9.09. The van der Waals surface area contributed by atoms with Crippen LogP contribution in [0.1, 0.15) is 100 Å². The summed E-state index contributed by atoms with van der Waals surface area (Å²) in [6.45, 7) is 19.0. The van der Waals surface area contributed by atoms with Gasteiger partial charge >= 0.3 is 0 Å². The van der Waals surface area contributed by atoms with E-state index in [-0.39, 0.29) is 0 Å². The molecule has 0 rings (SSSR count). The van der Waals surface area contributed by atoms with E-state index in [2.05, 4.69) is 61.8 Å². The smallest absolute Gasteiger partial charge is 0.0354 e. The summed E-state index contributed by atoms with van der Waals surface area (Å²) in [5.74, 6) is 1.63. The number of hydrogen-bond acceptors (Lipinski definition) is 0. The maximum Gasteiger partial charge on any atom is -0.0354 e. The van der Waals surface area contributed by atoms with Gasteiger partial charge in [-0.2, -0.15) is 0 Å². The van der Waals surface area contributed by atoms with Crippen LogP contribution in [-0.4, -0.2) is 0 Å². The fourth-order valence-corrected chi connectivity index (χ4v) is 2.62. The van der Waals surface area contributed by atoms with Gasteiger partial charge in [-0.15, -0.1) is 0 Å². The average Bonchev–Trinajstić information content (AvgIpc) is 2.29. The van der Waals surface area contributed by atoms with Crippen molar-refractivity contribution in [1.82, 2.24) is 0 Å². The molecule has 0 saturated carbocycles. The molecule has 0 aromatic rings. The van der Waals surface area contributed by atoms with E-state index in [0.29, 0.717) is 10.8 Å². The van der Waals surface area contributed by atoms with Crippen molar-refractivity contribution in [2.45, 2.75) is 100 Å². The summed E-state index contributed by atoms with van der Waals surface area (Å²) in [7, 11) is 0. The van der Waals surface area contributed by atoms with Gasteiger partial charge in [0.1, 0.15) is 0 Å². The lowest BCUT2D eigenvalue weighted by molar-refractivity contribution is 0.206. The molecule has 0 aliphatic carbocycles. The highest BCUT2D eigenvalue weighted by molar-refractivity contribution is 4.83. The molecule has 0 N–H and O–H groups in total. The Morgan fingerprint density at radius 2 is 1.40 bits per heavy atom. The molecule has 1 radical (unpaired) electrons. The first-order valence-electron chi connectivity index (χ1n) is 8.90. The Balaban J connectivity index is 4.12. The van der Waals surface area contributed by atoms with Crippen LogP contribution in [0.4, 0.5) is 0 Å². The standard InChI is InChI=1S/C20H41/c1-9-10-11-12-15-18(20(6,7)8)16-13-14-17(2)19(3,4)5/h13,17-18H,9-12,14-16H2,1-8H3. The maximum atomic E-state index is 2.58. The van der Waals surface area contributed by atoms with Gasteiger partial charge in [0.25, 0.3) is 0 Å². The van der Waals surface area contributed by atoms with E-state index >= 15 is 0 Å². The SMILES string of the molecule is CCCCCCC(C[CH]CC(C)C(C)(C)C)C(C)(C)C. The minimum absolute atomic E-state index is 0.439. The van der Waals surface area contributed by atoms with Crippen molar-refractivity contribution in [3.05, 3.63) is 6.42 Å². The summed E-state index contributed by atoms with van der Waals surface area (Å²) >= 11 is 0. The molecule has 0 spiro atoms. The Bertz CT molecular complexity index is 225. The van der Waals surface area contributed by atoms with Crippen molar-refractivity contribution >= 4 is 0 Å². The van der Waals surface area contributed by atoms with E-state index in [4.69, 9.17) is 0 Å². The molecule has 2 atom stereocenters. The minimum atomic E-state index is 0.439. The second kappa shape index (κ2) is 9.11. The van der Waals surface area contributed by atoms with Crippen molar-refractivity contribution in [3.63, 3.8) is 0 Å². The Morgan fingerprint density at radius 3 is 1.85 bits per heavy atom. The molecule has 20 heavy (non-hydrogen) atoms. The summed E-state index contributed by atoms with van der Waals surface area (Å²) in [6, 6.07) is 0. The Morgan fingerprint density at radius 1 is 0.800 bits per heavy atom. The van der Waals surface area contributed by atoms with E-state index in [1.54, 1.807) is 0 Å². The lowest BCUT2D eigenvalue weighted by atomic mass is 9.73. The number of rotatable bonds is 9. The molecule has 0 heteroatoms. The first-order valence-corrected chi connectivity index (χ1v) is 8.90. The minimum Gasteiger partial charge on any atom is -0.0654 e. The van der Waals surface area contributed by atoms with Crippen molar-refractivity contribution in [3.8, 4) is 0 Å². The molecular weight excluding hydrogens is 240 g/mol. The second-order valence-electron chi connectivity index (χ2n) is 8.94. The van der Waals surface area contributed by atoms with Crippen LogP contribution in [-0.2, 0) is 0 Å². The molecule has 0 bridgehead atoms. The number of unbranched alkanes of at least 4 members (excludes halogenated alkanes) is 3. The Labute approximate surface area is 130 Å². The van der Waals surface area contributed by atoms with Crippen LogP contribution >= 0.6 is 0 Å². The van der Waals surface area contributed by atoms with Gasteiger partial charge in [-0.1, -0.05) is 81.1 Å².